The molecule has 37 heavy (non-hydrogen) atoms. The Morgan fingerprint density at radius 1 is 1.11 bits per heavy atom. The molecule has 9 heteroatoms. The molecule has 2 amide bonds. The van der Waals surface area contributed by atoms with Crippen LogP contribution in [0, 0.1) is 0 Å². The molecule has 3 aromatic rings. The number of rotatable bonds is 5. The Morgan fingerprint density at radius 3 is 2.51 bits per heavy atom. The maximum Gasteiger partial charge on any atom is 0.410 e. The molecular formula is C28H36N6O3. The van der Waals surface area contributed by atoms with Crippen LogP contribution in [-0.2, 0) is 4.74 Å². The van der Waals surface area contributed by atoms with Crippen molar-refractivity contribution in [2.45, 2.75) is 65.0 Å². The number of amides is 2. The average Bonchev–Trinajstić information content (AvgIpc) is 3.34. The van der Waals surface area contributed by atoms with Gasteiger partial charge in [-0.05, 0) is 63.3 Å². The monoisotopic (exact) mass is 504 g/mol. The zero-order chi connectivity index (χ0) is 26.7. The largest absolute Gasteiger partial charge is 0.444 e. The minimum absolute atomic E-state index is 0.170. The molecule has 196 valence electrons. The van der Waals surface area contributed by atoms with E-state index in [1.54, 1.807) is 23.4 Å². The Morgan fingerprint density at radius 2 is 1.84 bits per heavy atom. The summed E-state index contributed by atoms with van der Waals surface area (Å²) >= 11 is 0. The fourth-order valence-corrected chi connectivity index (χ4v) is 4.32. The van der Waals surface area contributed by atoms with Crippen molar-refractivity contribution < 1.29 is 14.3 Å². The number of aromatic nitrogens is 3. The molecular weight excluding hydrogens is 468 g/mol. The Bertz CT molecular complexity index is 1270. The van der Waals surface area contributed by atoms with Crippen molar-refractivity contribution in [3.8, 4) is 11.1 Å². The summed E-state index contributed by atoms with van der Waals surface area (Å²) in [6.07, 6.45) is 6.66. The van der Waals surface area contributed by atoms with Crippen molar-refractivity contribution in [3.05, 3.63) is 60.0 Å². The number of ether oxygens (including phenoxy) is 1. The summed E-state index contributed by atoms with van der Waals surface area (Å²) < 4.78 is 7.41. The fourth-order valence-electron chi connectivity index (χ4n) is 4.32. The van der Waals surface area contributed by atoms with Crippen LogP contribution < -0.4 is 11.1 Å². The highest BCUT2D eigenvalue weighted by Crippen LogP contribution is 2.28. The molecule has 3 heterocycles. The number of nitrogens with zero attached hydrogens (tertiary/aromatic N) is 4. The fraction of sp³-hybridized carbons (Fsp3) is 0.429. The van der Waals surface area contributed by atoms with Crippen LogP contribution in [0.2, 0.25) is 0 Å². The van der Waals surface area contributed by atoms with E-state index < -0.39 is 5.60 Å². The maximum atomic E-state index is 13.0. The normalized spacial score (nSPS) is 14.6. The van der Waals surface area contributed by atoms with E-state index in [2.05, 4.69) is 29.2 Å². The molecule has 1 saturated heterocycles. The molecule has 1 aliphatic rings. The number of benzene rings is 1. The van der Waals surface area contributed by atoms with Gasteiger partial charge in [-0.1, -0.05) is 26.0 Å². The van der Waals surface area contributed by atoms with Crippen LogP contribution in [0.5, 0.6) is 0 Å². The first kappa shape index (κ1) is 26.2. The molecule has 0 bridgehead atoms. The van der Waals surface area contributed by atoms with Crippen molar-refractivity contribution >= 4 is 23.5 Å². The highest BCUT2D eigenvalue weighted by atomic mass is 16.6. The third-order valence-corrected chi connectivity index (χ3v) is 6.40. The molecule has 0 atom stereocenters. The Hall–Kier alpha value is -3.88. The van der Waals surface area contributed by atoms with Crippen LogP contribution in [0.25, 0.3) is 11.1 Å². The zero-order valence-corrected chi connectivity index (χ0v) is 22.2. The predicted molar refractivity (Wildman–Crippen MR) is 144 cm³/mol. The third kappa shape index (κ3) is 6.47. The van der Waals surface area contributed by atoms with Gasteiger partial charge in [-0.2, -0.15) is 5.10 Å². The highest BCUT2D eigenvalue weighted by molar-refractivity contribution is 6.07. The van der Waals surface area contributed by atoms with Crippen LogP contribution in [0.3, 0.4) is 0 Å². The molecule has 0 radical (unpaired) electrons. The summed E-state index contributed by atoms with van der Waals surface area (Å²) in [5, 5.41) is 7.49. The number of likely N-dealkylation sites (tertiary alicyclic amines) is 1. The zero-order valence-electron chi connectivity index (χ0n) is 22.2. The molecule has 0 saturated carbocycles. The molecule has 0 aliphatic carbocycles. The number of carbonyl (C=O) groups is 2. The standard InChI is InChI=1S/C28H36N6O3/c1-18(2)19-7-6-8-22(13-19)32-26(35)24-14-20(15-30-25(24)29)21-16-31-34(17-21)23-9-11-33(12-10-23)27(36)37-28(3,4)5/h6-8,13-18,23H,9-12H2,1-5H3,(H2,29,30)(H,32,35). The summed E-state index contributed by atoms with van der Waals surface area (Å²) in [5.41, 5.74) is 9.32. The van der Waals surface area contributed by atoms with E-state index >= 15 is 0 Å². The molecule has 9 nitrogen and oxygen atoms in total. The minimum Gasteiger partial charge on any atom is -0.444 e. The summed E-state index contributed by atoms with van der Waals surface area (Å²) in [4.78, 5) is 31.4. The van der Waals surface area contributed by atoms with E-state index in [9.17, 15) is 9.59 Å². The molecule has 1 fully saturated rings. The lowest BCUT2D eigenvalue weighted by molar-refractivity contribution is 0.0184. The van der Waals surface area contributed by atoms with Gasteiger partial charge in [0.2, 0.25) is 0 Å². The molecule has 2 aromatic heterocycles. The SMILES string of the molecule is CC(C)c1cccc(NC(=O)c2cc(-c3cnn(C4CCN(C(=O)OC(C)(C)C)CC4)c3)cnc2N)c1. The molecule has 1 aliphatic heterocycles. The van der Waals surface area contributed by atoms with Gasteiger partial charge in [0, 0.05) is 42.3 Å². The van der Waals surface area contributed by atoms with E-state index in [1.165, 1.54) is 0 Å². The summed E-state index contributed by atoms with van der Waals surface area (Å²) in [6, 6.07) is 9.70. The number of hydrogen-bond acceptors (Lipinski definition) is 6. The third-order valence-electron chi connectivity index (χ3n) is 6.40. The first-order chi connectivity index (χ1) is 17.5. The van der Waals surface area contributed by atoms with Crippen LogP contribution in [0.1, 0.15) is 75.3 Å². The second-order valence-corrected chi connectivity index (χ2v) is 10.8. The molecule has 1 aromatic carbocycles. The lowest BCUT2D eigenvalue weighted by Crippen LogP contribution is -2.42. The first-order valence-corrected chi connectivity index (χ1v) is 12.7. The van der Waals surface area contributed by atoms with Crippen molar-refractivity contribution in [1.29, 1.82) is 0 Å². The smallest absolute Gasteiger partial charge is 0.410 e. The number of nitrogen functional groups attached to an aromatic ring is 1. The van der Waals surface area contributed by atoms with E-state index in [-0.39, 0.29) is 23.9 Å². The predicted octanol–water partition coefficient (Wildman–Crippen LogP) is 5.48. The number of nitrogens with two attached hydrogens (primary N) is 1. The number of anilines is 2. The van der Waals surface area contributed by atoms with Crippen LogP contribution in [0.15, 0.2) is 48.9 Å². The summed E-state index contributed by atoms with van der Waals surface area (Å²) in [6.45, 7) is 11.0. The van der Waals surface area contributed by atoms with Gasteiger partial charge in [-0.15, -0.1) is 0 Å². The number of hydrogen-bond donors (Lipinski definition) is 2. The van der Waals surface area contributed by atoms with Gasteiger partial charge < -0.3 is 20.7 Å². The van der Waals surface area contributed by atoms with Gasteiger partial charge in [0.1, 0.15) is 11.4 Å². The highest BCUT2D eigenvalue weighted by Gasteiger charge is 2.28. The minimum atomic E-state index is -0.508. The quantitative estimate of drug-likeness (QED) is 0.476. The second kappa shape index (κ2) is 10.6. The molecule has 4 rings (SSSR count). The van der Waals surface area contributed by atoms with Crippen molar-refractivity contribution in [3.63, 3.8) is 0 Å². The summed E-state index contributed by atoms with van der Waals surface area (Å²) in [7, 11) is 0. The van der Waals surface area contributed by atoms with E-state index in [0.717, 1.165) is 29.5 Å². The van der Waals surface area contributed by atoms with Gasteiger partial charge >= 0.3 is 6.09 Å². The van der Waals surface area contributed by atoms with Gasteiger partial charge in [-0.25, -0.2) is 9.78 Å². The number of pyridine rings is 1. The topological polar surface area (TPSA) is 115 Å². The van der Waals surface area contributed by atoms with E-state index in [0.29, 0.717) is 30.3 Å². The van der Waals surface area contributed by atoms with E-state index in [1.807, 2.05) is 55.9 Å². The molecule has 0 unspecified atom stereocenters. The van der Waals surface area contributed by atoms with Crippen LogP contribution in [-0.4, -0.2) is 50.4 Å². The van der Waals surface area contributed by atoms with Gasteiger partial charge in [0.25, 0.3) is 5.91 Å². The molecule has 0 spiro atoms. The van der Waals surface area contributed by atoms with E-state index in [4.69, 9.17) is 10.5 Å². The maximum absolute atomic E-state index is 13.0. The van der Waals surface area contributed by atoms with Crippen LogP contribution >= 0.6 is 0 Å². The van der Waals surface area contributed by atoms with Crippen molar-refractivity contribution in [2.75, 3.05) is 24.1 Å². The van der Waals surface area contributed by atoms with Gasteiger partial charge in [0.05, 0.1) is 17.8 Å². The Balaban J connectivity index is 1.44. The van der Waals surface area contributed by atoms with Crippen LogP contribution in [0.4, 0.5) is 16.3 Å². The number of piperidine rings is 1. The van der Waals surface area contributed by atoms with Gasteiger partial charge in [-0.3, -0.25) is 9.48 Å². The number of nitrogens with one attached hydrogen (secondary N) is 1. The Labute approximate surface area is 218 Å². The van der Waals surface area contributed by atoms with Crippen molar-refractivity contribution in [2.24, 2.45) is 0 Å². The first-order valence-electron chi connectivity index (χ1n) is 12.7. The molecule has 3 N–H and O–H groups in total. The summed E-state index contributed by atoms with van der Waals surface area (Å²) in [5.74, 6) is 0.214. The Kier molecular flexibility index (Phi) is 7.52. The second-order valence-electron chi connectivity index (χ2n) is 10.8. The lowest BCUT2D eigenvalue weighted by atomic mass is 10.0. The van der Waals surface area contributed by atoms with Gasteiger partial charge in [0.15, 0.2) is 0 Å². The average molecular weight is 505 g/mol. The van der Waals surface area contributed by atoms with Crippen molar-refractivity contribution in [1.82, 2.24) is 19.7 Å². The number of carbonyl (C=O) groups excluding carboxylic acids is 2. The lowest BCUT2D eigenvalue weighted by Gasteiger charge is -2.33.